The van der Waals surface area contributed by atoms with Gasteiger partial charge in [-0.05, 0) is 25.7 Å². The molecular formula is C11H18N4O. The van der Waals surface area contributed by atoms with E-state index >= 15 is 0 Å². The number of hydrogen-bond acceptors (Lipinski definition) is 3. The van der Waals surface area contributed by atoms with Crippen LogP contribution in [0.3, 0.4) is 0 Å². The van der Waals surface area contributed by atoms with E-state index in [1.807, 2.05) is 0 Å². The summed E-state index contributed by atoms with van der Waals surface area (Å²) in [6, 6.07) is 0. The summed E-state index contributed by atoms with van der Waals surface area (Å²) >= 11 is 0. The number of aromatic amines is 1. The molecular weight excluding hydrogens is 204 g/mol. The maximum Gasteiger partial charge on any atom is 0.273 e. The number of hydrogen-bond donors (Lipinski definition) is 3. The highest BCUT2D eigenvalue weighted by Gasteiger charge is 2.19. The molecule has 88 valence electrons. The van der Waals surface area contributed by atoms with Gasteiger partial charge in [-0.1, -0.05) is 12.8 Å². The van der Waals surface area contributed by atoms with Crippen LogP contribution in [0.1, 0.15) is 41.9 Å². The average Bonchev–Trinajstić information content (AvgIpc) is 2.88. The molecule has 0 aliphatic heterocycles. The molecule has 16 heavy (non-hydrogen) atoms. The first-order valence-electron chi connectivity index (χ1n) is 5.77. The Labute approximate surface area is 94.8 Å². The number of aromatic nitrogens is 2. The Hall–Kier alpha value is -1.52. The molecule has 1 fully saturated rings. The SMILES string of the molecule is Cc1[nH]nc(C(=O)NCC2CCCC2)c1N. The third kappa shape index (κ3) is 2.18. The van der Waals surface area contributed by atoms with E-state index in [1.54, 1.807) is 6.92 Å². The minimum absolute atomic E-state index is 0.172. The van der Waals surface area contributed by atoms with Crippen LogP contribution in [0, 0.1) is 12.8 Å². The summed E-state index contributed by atoms with van der Waals surface area (Å²) in [5.41, 5.74) is 7.24. The normalized spacial score (nSPS) is 16.6. The number of carbonyl (C=O) groups excluding carboxylic acids is 1. The number of nitrogens with one attached hydrogen (secondary N) is 2. The largest absolute Gasteiger partial charge is 0.395 e. The fourth-order valence-electron chi connectivity index (χ4n) is 2.15. The van der Waals surface area contributed by atoms with Crippen molar-refractivity contribution in [2.45, 2.75) is 32.6 Å². The van der Waals surface area contributed by atoms with Crippen molar-refractivity contribution in [3.63, 3.8) is 0 Å². The van der Waals surface area contributed by atoms with Crippen LogP contribution >= 0.6 is 0 Å². The average molecular weight is 222 g/mol. The molecule has 5 heteroatoms. The number of anilines is 1. The van der Waals surface area contributed by atoms with Crippen molar-refractivity contribution in [1.29, 1.82) is 0 Å². The molecule has 0 radical (unpaired) electrons. The van der Waals surface area contributed by atoms with Gasteiger partial charge in [0.15, 0.2) is 5.69 Å². The van der Waals surface area contributed by atoms with E-state index in [0.29, 0.717) is 17.3 Å². The second-order valence-electron chi connectivity index (χ2n) is 4.47. The highest BCUT2D eigenvalue weighted by molar-refractivity contribution is 5.97. The van der Waals surface area contributed by atoms with Gasteiger partial charge < -0.3 is 11.1 Å². The van der Waals surface area contributed by atoms with E-state index < -0.39 is 0 Å². The van der Waals surface area contributed by atoms with Gasteiger partial charge in [-0.2, -0.15) is 5.10 Å². The second-order valence-corrected chi connectivity index (χ2v) is 4.47. The Balaban J connectivity index is 1.90. The molecule has 0 saturated heterocycles. The molecule has 1 aromatic rings. The van der Waals surface area contributed by atoms with Gasteiger partial charge in [-0.3, -0.25) is 9.89 Å². The number of amides is 1. The summed E-state index contributed by atoms with van der Waals surface area (Å²) in [5.74, 6) is 0.457. The molecule has 1 aliphatic rings. The van der Waals surface area contributed by atoms with Crippen molar-refractivity contribution >= 4 is 11.6 Å². The highest BCUT2D eigenvalue weighted by Crippen LogP contribution is 2.23. The van der Waals surface area contributed by atoms with Gasteiger partial charge in [-0.15, -0.1) is 0 Å². The number of nitrogens with zero attached hydrogens (tertiary/aromatic N) is 1. The van der Waals surface area contributed by atoms with Crippen LogP contribution in [0.25, 0.3) is 0 Å². The summed E-state index contributed by atoms with van der Waals surface area (Å²) in [6.07, 6.45) is 5.00. The molecule has 1 heterocycles. The topological polar surface area (TPSA) is 83.8 Å². The van der Waals surface area contributed by atoms with E-state index in [-0.39, 0.29) is 5.91 Å². The van der Waals surface area contributed by atoms with Crippen LogP contribution in [0.2, 0.25) is 0 Å². The zero-order chi connectivity index (χ0) is 11.5. The Morgan fingerprint density at radius 2 is 2.25 bits per heavy atom. The molecule has 1 aliphatic carbocycles. The quantitative estimate of drug-likeness (QED) is 0.719. The van der Waals surface area contributed by atoms with E-state index in [2.05, 4.69) is 15.5 Å². The summed E-state index contributed by atoms with van der Waals surface area (Å²) in [4.78, 5) is 11.8. The number of aryl methyl sites for hydroxylation is 1. The summed E-state index contributed by atoms with van der Waals surface area (Å²) in [7, 11) is 0. The molecule has 0 spiro atoms. The van der Waals surface area contributed by atoms with E-state index in [0.717, 1.165) is 12.2 Å². The highest BCUT2D eigenvalue weighted by atomic mass is 16.1. The summed E-state index contributed by atoms with van der Waals surface area (Å²) in [5, 5.41) is 9.50. The van der Waals surface area contributed by atoms with Crippen LogP contribution in [0.15, 0.2) is 0 Å². The van der Waals surface area contributed by atoms with Gasteiger partial charge in [0.1, 0.15) is 0 Å². The molecule has 0 aromatic carbocycles. The standard InChI is InChI=1S/C11H18N4O/c1-7-9(12)10(15-14-7)11(16)13-6-8-4-2-3-5-8/h8H,2-6,12H2,1H3,(H,13,16)(H,14,15). The van der Waals surface area contributed by atoms with Crippen molar-refractivity contribution in [1.82, 2.24) is 15.5 Å². The molecule has 2 rings (SSSR count). The zero-order valence-corrected chi connectivity index (χ0v) is 9.55. The van der Waals surface area contributed by atoms with Crippen LogP contribution in [-0.4, -0.2) is 22.6 Å². The monoisotopic (exact) mass is 222 g/mol. The molecule has 1 saturated carbocycles. The lowest BCUT2D eigenvalue weighted by atomic mass is 10.1. The smallest absolute Gasteiger partial charge is 0.273 e. The minimum atomic E-state index is -0.172. The first-order valence-corrected chi connectivity index (χ1v) is 5.77. The van der Waals surface area contributed by atoms with E-state index in [1.165, 1.54) is 25.7 Å². The first-order chi connectivity index (χ1) is 7.68. The molecule has 5 nitrogen and oxygen atoms in total. The second kappa shape index (κ2) is 4.55. The number of nitrogens with two attached hydrogens (primary N) is 1. The zero-order valence-electron chi connectivity index (χ0n) is 9.55. The van der Waals surface area contributed by atoms with E-state index in [4.69, 9.17) is 5.73 Å². The third-order valence-electron chi connectivity index (χ3n) is 3.24. The predicted molar refractivity (Wildman–Crippen MR) is 62.0 cm³/mol. The van der Waals surface area contributed by atoms with Crippen molar-refractivity contribution < 1.29 is 4.79 Å². The lowest BCUT2D eigenvalue weighted by molar-refractivity contribution is 0.0943. The summed E-state index contributed by atoms with van der Waals surface area (Å²) in [6.45, 7) is 2.54. The van der Waals surface area contributed by atoms with Crippen LogP contribution in [0.4, 0.5) is 5.69 Å². The maximum atomic E-state index is 11.8. The fraction of sp³-hybridized carbons (Fsp3) is 0.636. The predicted octanol–water partition coefficient (Wildman–Crippen LogP) is 1.22. The van der Waals surface area contributed by atoms with Crippen LogP contribution in [0.5, 0.6) is 0 Å². The lowest BCUT2D eigenvalue weighted by Crippen LogP contribution is -2.29. The molecule has 1 amide bonds. The van der Waals surface area contributed by atoms with Gasteiger partial charge >= 0.3 is 0 Å². The molecule has 4 N–H and O–H groups in total. The molecule has 0 unspecified atom stereocenters. The minimum Gasteiger partial charge on any atom is -0.395 e. The lowest BCUT2D eigenvalue weighted by Gasteiger charge is -2.09. The van der Waals surface area contributed by atoms with Gasteiger partial charge in [0.05, 0.1) is 11.4 Å². The molecule has 1 aromatic heterocycles. The number of rotatable bonds is 3. The van der Waals surface area contributed by atoms with Crippen molar-refractivity contribution in [2.24, 2.45) is 5.92 Å². The van der Waals surface area contributed by atoms with Crippen molar-refractivity contribution in [3.8, 4) is 0 Å². The summed E-state index contributed by atoms with van der Waals surface area (Å²) < 4.78 is 0. The first kappa shape index (κ1) is 11.0. The fourth-order valence-corrected chi connectivity index (χ4v) is 2.15. The van der Waals surface area contributed by atoms with Crippen molar-refractivity contribution in [2.75, 3.05) is 12.3 Å². The third-order valence-corrected chi connectivity index (χ3v) is 3.24. The molecule has 0 atom stereocenters. The van der Waals surface area contributed by atoms with Gasteiger partial charge in [0.25, 0.3) is 5.91 Å². The Morgan fingerprint density at radius 1 is 1.56 bits per heavy atom. The Bertz CT molecular complexity index is 379. The Morgan fingerprint density at radius 3 is 2.81 bits per heavy atom. The van der Waals surface area contributed by atoms with Crippen LogP contribution in [-0.2, 0) is 0 Å². The molecule has 0 bridgehead atoms. The number of H-pyrrole nitrogens is 1. The van der Waals surface area contributed by atoms with Crippen molar-refractivity contribution in [3.05, 3.63) is 11.4 Å². The van der Waals surface area contributed by atoms with Crippen LogP contribution < -0.4 is 11.1 Å². The number of nitrogen functional groups attached to an aromatic ring is 1. The number of carbonyl (C=O) groups is 1. The van der Waals surface area contributed by atoms with E-state index in [9.17, 15) is 4.79 Å². The van der Waals surface area contributed by atoms with Gasteiger partial charge in [-0.25, -0.2) is 0 Å². The maximum absolute atomic E-state index is 11.8. The Kier molecular flexibility index (Phi) is 3.12. The van der Waals surface area contributed by atoms with Gasteiger partial charge in [0.2, 0.25) is 0 Å². The van der Waals surface area contributed by atoms with Gasteiger partial charge in [0, 0.05) is 6.54 Å².